The van der Waals surface area contributed by atoms with Crippen molar-refractivity contribution in [2.75, 3.05) is 5.32 Å². The molecule has 2 aromatic carbocycles. The Hall–Kier alpha value is -3.58. The Labute approximate surface area is 178 Å². The van der Waals surface area contributed by atoms with Gasteiger partial charge in [0.05, 0.1) is 17.4 Å². The molecule has 1 heterocycles. The molecule has 0 aliphatic rings. The molecular formula is C22H19ClFN5O. The van der Waals surface area contributed by atoms with Crippen LogP contribution in [-0.4, -0.2) is 23.6 Å². The highest BCUT2D eigenvalue weighted by molar-refractivity contribution is 6.30. The molecule has 0 saturated carbocycles. The Bertz CT molecular complexity index is 1070. The van der Waals surface area contributed by atoms with Gasteiger partial charge >= 0.3 is 0 Å². The minimum atomic E-state index is -0.784. The van der Waals surface area contributed by atoms with Crippen molar-refractivity contribution in [3.8, 4) is 0 Å². The maximum absolute atomic E-state index is 14.6. The van der Waals surface area contributed by atoms with E-state index in [1.54, 1.807) is 24.3 Å². The van der Waals surface area contributed by atoms with Crippen LogP contribution in [0.1, 0.15) is 33.2 Å². The molecule has 1 atom stereocenters. The number of carbonyl (C=O) groups is 1. The first-order valence-corrected chi connectivity index (χ1v) is 9.41. The average molecular weight is 424 g/mol. The van der Waals surface area contributed by atoms with Gasteiger partial charge in [-0.2, -0.15) is 0 Å². The molecular weight excluding hydrogens is 405 g/mol. The largest absolute Gasteiger partial charge is 0.346 e. The molecule has 8 heteroatoms. The van der Waals surface area contributed by atoms with Gasteiger partial charge in [0.2, 0.25) is 0 Å². The summed E-state index contributed by atoms with van der Waals surface area (Å²) in [6.07, 6.45) is 3.62. The summed E-state index contributed by atoms with van der Waals surface area (Å²) in [5.41, 5.74) is 2.93. The fraction of sp³-hybridized carbons (Fsp3) is 0.0909. The molecule has 0 spiro atoms. The number of aromatic nitrogens is 1. The molecule has 1 aromatic heterocycles. The van der Waals surface area contributed by atoms with Crippen molar-refractivity contribution in [1.29, 1.82) is 5.41 Å². The number of pyridine rings is 1. The van der Waals surface area contributed by atoms with Gasteiger partial charge in [0, 0.05) is 17.4 Å². The van der Waals surface area contributed by atoms with Crippen molar-refractivity contribution in [3.63, 3.8) is 0 Å². The zero-order valence-corrected chi connectivity index (χ0v) is 16.8. The predicted molar refractivity (Wildman–Crippen MR) is 117 cm³/mol. The van der Waals surface area contributed by atoms with Crippen molar-refractivity contribution in [1.82, 2.24) is 10.3 Å². The van der Waals surface area contributed by atoms with Crippen molar-refractivity contribution >= 4 is 35.9 Å². The maximum atomic E-state index is 14.6. The summed E-state index contributed by atoms with van der Waals surface area (Å²) in [6.45, 7) is 1.95. The first kappa shape index (κ1) is 21.1. The number of hydrogen-bond donors (Lipinski definition) is 3. The number of anilines is 1. The normalized spacial score (nSPS) is 11.8. The maximum Gasteiger partial charge on any atom is 0.252 e. The van der Waals surface area contributed by atoms with Crippen LogP contribution in [0.15, 0.2) is 65.8 Å². The van der Waals surface area contributed by atoms with E-state index in [0.717, 1.165) is 11.9 Å². The molecule has 0 saturated heterocycles. The highest BCUT2D eigenvalue weighted by atomic mass is 35.5. The van der Waals surface area contributed by atoms with Crippen molar-refractivity contribution in [2.45, 2.75) is 13.0 Å². The van der Waals surface area contributed by atoms with Crippen LogP contribution in [-0.2, 0) is 0 Å². The molecule has 1 amide bonds. The summed E-state index contributed by atoms with van der Waals surface area (Å²) in [6, 6.07) is 14.5. The van der Waals surface area contributed by atoms with Crippen molar-refractivity contribution in [2.24, 2.45) is 4.99 Å². The van der Waals surface area contributed by atoms with Gasteiger partial charge in [0.25, 0.3) is 5.91 Å². The lowest BCUT2D eigenvalue weighted by Crippen LogP contribution is -2.30. The second-order valence-electron chi connectivity index (χ2n) is 6.47. The molecule has 0 bridgehead atoms. The van der Waals surface area contributed by atoms with Gasteiger partial charge in [-0.05, 0) is 42.8 Å². The highest BCUT2D eigenvalue weighted by Gasteiger charge is 2.22. The second kappa shape index (κ2) is 9.76. The molecule has 3 rings (SSSR count). The Morgan fingerprint density at radius 3 is 2.53 bits per heavy atom. The van der Waals surface area contributed by atoms with Crippen LogP contribution < -0.4 is 10.6 Å². The molecule has 1 unspecified atom stereocenters. The van der Waals surface area contributed by atoms with E-state index in [-0.39, 0.29) is 16.6 Å². The molecule has 0 radical (unpaired) electrons. The number of amides is 1. The summed E-state index contributed by atoms with van der Waals surface area (Å²) in [7, 11) is 0. The summed E-state index contributed by atoms with van der Waals surface area (Å²) in [4.78, 5) is 20.6. The Morgan fingerprint density at radius 1 is 1.20 bits per heavy atom. The zero-order valence-electron chi connectivity index (χ0n) is 16.1. The third-order valence-electron chi connectivity index (χ3n) is 4.32. The first-order valence-electron chi connectivity index (χ1n) is 9.03. The standard InChI is InChI=1S/C22H19ClFN5O/c1-14-2-4-15(5-3-14)20(21-19(24)10-17(23)11-27-21)29-22(30)16-6-8-18(9-7-16)28-13-26-12-25/h2-13,20H,1H3,(H,29,30)(H2,25,26,28). The van der Waals surface area contributed by atoms with E-state index in [4.69, 9.17) is 17.0 Å². The fourth-order valence-corrected chi connectivity index (χ4v) is 2.93. The highest BCUT2D eigenvalue weighted by Crippen LogP contribution is 2.25. The van der Waals surface area contributed by atoms with Crippen LogP contribution in [0, 0.1) is 18.2 Å². The monoisotopic (exact) mass is 423 g/mol. The van der Waals surface area contributed by atoms with Gasteiger partial charge < -0.3 is 10.6 Å². The lowest BCUT2D eigenvalue weighted by atomic mass is 10.0. The van der Waals surface area contributed by atoms with Crippen LogP contribution in [0.3, 0.4) is 0 Å². The Balaban J connectivity index is 1.87. The molecule has 0 aliphatic heterocycles. The number of hydrogen-bond acceptors (Lipinski definition) is 3. The summed E-state index contributed by atoms with van der Waals surface area (Å²) in [5, 5.41) is 12.8. The second-order valence-corrected chi connectivity index (χ2v) is 6.90. The van der Waals surface area contributed by atoms with E-state index in [0.29, 0.717) is 16.8 Å². The van der Waals surface area contributed by atoms with E-state index < -0.39 is 11.9 Å². The van der Waals surface area contributed by atoms with E-state index in [1.165, 1.54) is 18.6 Å². The quantitative estimate of drug-likeness (QED) is 0.378. The number of nitrogens with one attached hydrogen (secondary N) is 3. The molecule has 0 fully saturated rings. The van der Waals surface area contributed by atoms with Gasteiger partial charge in [-0.15, -0.1) is 0 Å². The van der Waals surface area contributed by atoms with Gasteiger partial charge in [-0.1, -0.05) is 41.4 Å². The molecule has 0 aliphatic carbocycles. The minimum Gasteiger partial charge on any atom is -0.346 e. The Kier molecular flexibility index (Phi) is 6.87. The third kappa shape index (κ3) is 5.27. The number of nitrogens with zero attached hydrogens (tertiary/aromatic N) is 2. The zero-order chi connectivity index (χ0) is 21.5. The molecule has 3 N–H and O–H groups in total. The molecule has 6 nitrogen and oxygen atoms in total. The smallest absolute Gasteiger partial charge is 0.252 e. The Morgan fingerprint density at radius 2 is 1.90 bits per heavy atom. The van der Waals surface area contributed by atoms with E-state index >= 15 is 0 Å². The van der Waals surface area contributed by atoms with Gasteiger partial charge in [-0.25, -0.2) is 9.38 Å². The van der Waals surface area contributed by atoms with E-state index in [1.807, 2.05) is 31.2 Å². The molecule has 30 heavy (non-hydrogen) atoms. The third-order valence-corrected chi connectivity index (χ3v) is 4.53. The number of aryl methyl sites for hydroxylation is 1. The topological polar surface area (TPSA) is 90.2 Å². The van der Waals surface area contributed by atoms with Gasteiger partial charge in [-0.3, -0.25) is 15.2 Å². The minimum absolute atomic E-state index is 0.0812. The molecule has 152 valence electrons. The lowest BCUT2D eigenvalue weighted by Gasteiger charge is -2.20. The SMILES string of the molecule is Cc1ccc(C(NC(=O)c2ccc(N/C=N\C=N)cc2)c2ncc(Cl)cc2F)cc1. The first-order chi connectivity index (χ1) is 14.5. The number of aliphatic imine (C=N–C) groups is 1. The summed E-state index contributed by atoms with van der Waals surface area (Å²) < 4.78 is 14.6. The lowest BCUT2D eigenvalue weighted by molar-refractivity contribution is 0.0942. The summed E-state index contributed by atoms with van der Waals surface area (Å²) >= 11 is 5.83. The predicted octanol–water partition coefficient (Wildman–Crippen LogP) is 4.75. The number of carbonyl (C=O) groups excluding carboxylic acids is 1. The number of benzene rings is 2. The van der Waals surface area contributed by atoms with E-state index in [2.05, 4.69) is 20.6 Å². The van der Waals surface area contributed by atoms with Crippen LogP contribution in [0.25, 0.3) is 0 Å². The van der Waals surface area contributed by atoms with Crippen LogP contribution in [0.5, 0.6) is 0 Å². The van der Waals surface area contributed by atoms with Crippen molar-refractivity contribution in [3.05, 3.63) is 94.0 Å². The van der Waals surface area contributed by atoms with Crippen LogP contribution >= 0.6 is 11.6 Å². The van der Waals surface area contributed by atoms with Crippen LogP contribution in [0.2, 0.25) is 5.02 Å². The summed E-state index contributed by atoms with van der Waals surface area (Å²) in [5.74, 6) is -0.977. The van der Waals surface area contributed by atoms with Gasteiger partial charge in [0.15, 0.2) is 0 Å². The van der Waals surface area contributed by atoms with Crippen LogP contribution in [0.4, 0.5) is 10.1 Å². The molecule has 3 aromatic rings. The number of halogens is 2. The van der Waals surface area contributed by atoms with Crippen molar-refractivity contribution < 1.29 is 9.18 Å². The van der Waals surface area contributed by atoms with E-state index in [9.17, 15) is 9.18 Å². The fourth-order valence-electron chi connectivity index (χ4n) is 2.79. The van der Waals surface area contributed by atoms with Gasteiger partial charge in [0.1, 0.15) is 17.8 Å². The average Bonchev–Trinajstić information content (AvgIpc) is 2.74. The number of rotatable bonds is 7.